The van der Waals surface area contributed by atoms with Gasteiger partial charge in [0.1, 0.15) is 0 Å². The molecule has 5 nitrogen and oxygen atoms in total. The van der Waals surface area contributed by atoms with Crippen LogP contribution in [0.15, 0.2) is 23.0 Å². The van der Waals surface area contributed by atoms with Crippen LogP contribution in [0, 0.1) is 5.92 Å². The second-order valence-corrected chi connectivity index (χ2v) is 8.36. The number of nitrogens with two attached hydrogens (primary N) is 1. The minimum absolute atomic E-state index is 0.117. The number of benzene rings is 1. The number of fused-ring (bicyclic) bond motifs is 1. The largest absolute Gasteiger partial charge is 0.489 e. The van der Waals surface area contributed by atoms with Crippen molar-refractivity contribution in [2.75, 3.05) is 18.9 Å². The molecule has 0 fully saturated rings. The number of hydrogen-bond acceptors (Lipinski definition) is 4. The molecule has 2 rings (SSSR count). The summed E-state index contributed by atoms with van der Waals surface area (Å²) in [5, 5.41) is 0.897. The molecule has 0 saturated heterocycles. The van der Waals surface area contributed by atoms with Crippen LogP contribution in [0.3, 0.4) is 0 Å². The maximum absolute atomic E-state index is 13.4. The fourth-order valence-corrected chi connectivity index (χ4v) is 3.73. The molecule has 168 valence electrons. The van der Waals surface area contributed by atoms with Crippen LogP contribution in [0.1, 0.15) is 79.1 Å². The Hall–Kier alpha value is -2.17. The van der Waals surface area contributed by atoms with Gasteiger partial charge < -0.3 is 19.8 Å². The number of nitrogens with zero attached hydrogens (tertiary/aromatic N) is 1. The van der Waals surface area contributed by atoms with Crippen molar-refractivity contribution < 1.29 is 9.47 Å². The van der Waals surface area contributed by atoms with Gasteiger partial charge in [0.15, 0.2) is 5.75 Å². The molecule has 0 aliphatic carbocycles. The van der Waals surface area contributed by atoms with Gasteiger partial charge in [-0.25, -0.2) is 0 Å². The lowest BCUT2D eigenvalue weighted by molar-refractivity contribution is 0.226. The first kappa shape index (κ1) is 24.1. The normalized spacial score (nSPS) is 12.3. The van der Waals surface area contributed by atoms with Gasteiger partial charge in [-0.15, -0.1) is 0 Å². The van der Waals surface area contributed by atoms with Gasteiger partial charge in [0.25, 0.3) is 5.56 Å². The molecule has 5 heteroatoms. The van der Waals surface area contributed by atoms with Crippen LogP contribution in [0.25, 0.3) is 10.9 Å². The van der Waals surface area contributed by atoms with Gasteiger partial charge in [0.2, 0.25) is 5.75 Å². The van der Waals surface area contributed by atoms with E-state index in [1.807, 2.05) is 18.2 Å². The SMILES string of the molecule is CCCCCCOc1c(OCC(C)CCC)c(=O)n(CCCC)c2cc(N)ccc12. The lowest BCUT2D eigenvalue weighted by atomic mass is 10.1. The Kier molecular flexibility index (Phi) is 10.0. The van der Waals surface area contributed by atoms with E-state index in [1.165, 1.54) is 12.8 Å². The Morgan fingerprint density at radius 1 is 0.967 bits per heavy atom. The van der Waals surface area contributed by atoms with Crippen LogP contribution >= 0.6 is 0 Å². The molecule has 0 spiro atoms. The number of aromatic nitrogens is 1. The van der Waals surface area contributed by atoms with E-state index in [0.29, 0.717) is 42.9 Å². The van der Waals surface area contributed by atoms with Gasteiger partial charge in [-0.3, -0.25) is 4.79 Å². The minimum Gasteiger partial charge on any atom is -0.489 e. The van der Waals surface area contributed by atoms with E-state index < -0.39 is 0 Å². The molecule has 1 aromatic heterocycles. The van der Waals surface area contributed by atoms with Gasteiger partial charge in [0.05, 0.1) is 18.7 Å². The zero-order valence-electron chi connectivity index (χ0n) is 19.3. The molecule has 0 aliphatic heterocycles. The standard InChI is InChI=1S/C25H40N2O3/c1-5-8-10-11-16-29-23-21-14-13-20(26)17-22(21)27(15-9-6-2)25(28)24(23)30-18-19(4)12-7-3/h13-14,17,19H,5-12,15-16,18,26H2,1-4H3. The summed E-state index contributed by atoms with van der Waals surface area (Å²) in [5.74, 6) is 1.31. The summed E-state index contributed by atoms with van der Waals surface area (Å²) in [6, 6.07) is 5.69. The number of rotatable bonds is 14. The third-order valence-corrected chi connectivity index (χ3v) is 5.48. The van der Waals surface area contributed by atoms with Crippen molar-refractivity contribution >= 4 is 16.6 Å². The first-order valence-electron chi connectivity index (χ1n) is 11.7. The molecule has 1 aromatic carbocycles. The maximum atomic E-state index is 13.4. The number of ether oxygens (including phenoxy) is 2. The molecular weight excluding hydrogens is 376 g/mol. The summed E-state index contributed by atoms with van der Waals surface area (Å²) in [6.07, 6.45) is 8.57. The molecule has 0 aliphatic rings. The molecule has 1 unspecified atom stereocenters. The van der Waals surface area contributed by atoms with Gasteiger partial charge >= 0.3 is 0 Å². The maximum Gasteiger partial charge on any atom is 0.297 e. The second kappa shape index (κ2) is 12.5. The lowest BCUT2D eigenvalue weighted by Gasteiger charge is -2.20. The number of nitrogen functional groups attached to an aromatic ring is 1. The summed E-state index contributed by atoms with van der Waals surface area (Å²) in [7, 11) is 0. The van der Waals surface area contributed by atoms with Crippen molar-refractivity contribution in [3.63, 3.8) is 0 Å². The predicted octanol–water partition coefficient (Wildman–Crippen LogP) is 6.16. The van der Waals surface area contributed by atoms with E-state index in [1.54, 1.807) is 4.57 Å². The van der Waals surface area contributed by atoms with Crippen molar-refractivity contribution in [2.24, 2.45) is 5.92 Å². The van der Waals surface area contributed by atoms with Gasteiger partial charge in [-0.05, 0) is 43.4 Å². The van der Waals surface area contributed by atoms with Crippen molar-refractivity contribution in [1.82, 2.24) is 4.57 Å². The quantitative estimate of drug-likeness (QED) is 0.296. The Bertz CT molecular complexity index is 844. The molecule has 0 saturated carbocycles. The van der Waals surface area contributed by atoms with Crippen LogP contribution in [-0.2, 0) is 6.54 Å². The number of aryl methyl sites for hydroxylation is 1. The van der Waals surface area contributed by atoms with Crippen LogP contribution in [0.5, 0.6) is 11.5 Å². The van der Waals surface area contributed by atoms with Crippen molar-refractivity contribution in [3.05, 3.63) is 28.6 Å². The molecule has 30 heavy (non-hydrogen) atoms. The van der Waals surface area contributed by atoms with Crippen molar-refractivity contribution in [3.8, 4) is 11.5 Å². The Morgan fingerprint density at radius 2 is 1.73 bits per heavy atom. The molecule has 1 heterocycles. The summed E-state index contributed by atoms with van der Waals surface area (Å²) in [5.41, 5.74) is 7.41. The fraction of sp³-hybridized carbons (Fsp3) is 0.640. The second-order valence-electron chi connectivity index (χ2n) is 8.36. The predicted molar refractivity (Wildman–Crippen MR) is 127 cm³/mol. The number of unbranched alkanes of at least 4 members (excludes halogenated alkanes) is 4. The summed E-state index contributed by atoms with van der Waals surface area (Å²) in [6.45, 7) is 10.4. The highest BCUT2D eigenvalue weighted by Gasteiger charge is 2.20. The highest BCUT2D eigenvalue weighted by molar-refractivity contribution is 5.90. The zero-order valence-corrected chi connectivity index (χ0v) is 19.3. The summed E-state index contributed by atoms with van der Waals surface area (Å²) in [4.78, 5) is 13.4. The topological polar surface area (TPSA) is 66.5 Å². The van der Waals surface area contributed by atoms with E-state index in [2.05, 4.69) is 27.7 Å². The van der Waals surface area contributed by atoms with E-state index >= 15 is 0 Å². The van der Waals surface area contributed by atoms with E-state index in [0.717, 1.165) is 49.4 Å². The van der Waals surface area contributed by atoms with E-state index in [-0.39, 0.29) is 5.56 Å². The molecule has 0 amide bonds. The van der Waals surface area contributed by atoms with Gasteiger partial charge in [-0.1, -0.05) is 59.8 Å². The molecule has 2 N–H and O–H groups in total. The Morgan fingerprint density at radius 3 is 2.43 bits per heavy atom. The van der Waals surface area contributed by atoms with Crippen LogP contribution in [0.2, 0.25) is 0 Å². The van der Waals surface area contributed by atoms with Crippen LogP contribution < -0.4 is 20.8 Å². The Balaban J connectivity index is 2.48. The molecule has 0 bridgehead atoms. The van der Waals surface area contributed by atoms with Crippen molar-refractivity contribution in [1.29, 1.82) is 0 Å². The zero-order chi connectivity index (χ0) is 21.9. The molecule has 0 radical (unpaired) electrons. The smallest absolute Gasteiger partial charge is 0.297 e. The minimum atomic E-state index is -0.117. The van der Waals surface area contributed by atoms with E-state index in [9.17, 15) is 4.79 Å². The monoisotopic (exact) mass is 416 g/mol. The van der Waals surface area contributed by atoms with Crippen LogP contribution in [-0.4, -0.2) is 17.8 Å². The van der Waals surface area contributed by atoms with Crippen molar-refractivity contribution in [2.45, 2.75) is 85.6 Å². The third-order valence-electron chi connectivity index (χ3n) is 5.48. The third kappa shape index (κ3) is 6.41. The van der Waals surface area contributed by atoms with Gasteiger partial charge in [0, 0.05) is 17.6 Å². The molecular formula is C25H40N2O3. The number of hydrogen-bond donors (Lipinski definition) is 1. The summed E-state index contributed by atoms with van der Waals surface area (Å²) >= 11 is 0. The van der Waals surface area contributed by atoms with E-state index in [4.69, 9.17) is 15.2 Å². The number of anilines is 1. The van der Waals surface area contributed by atoms with Gasteiger partial charge in [-0.2, -0.15) is 0 Å². The summed E-state index contributed by atoms with van der Waals surface area (Å²) < 4.78 is 14.1. The average Bonchev–Trinajstić information content (AvgIpc) is 2.72. The van der Waals surface area contributed by atoms with Crippen LogP contribution in [0.4, 0.5) is 5.69 Å². The molecule has 1 atom stereocenters. The first-order valence-corrected chi connectivity index (χ1v) is 11.7. The average molecular weight is 417 g/mol. The Labute approximate surface area is 181 Å². The lowest BCUT2D eigenvalue weighted by Crippen LogP contribution is -2.25. The first-order chi connectivity index (χ1) is 14.5. The highest BCUT2D eigenvalue weighted by Crippen LogP contribution is 2.34. The highest BCUT2D eigenvalue weighted by atomic mass is 16.5. The number of pyridine rings is 1. The molecule has 2 aromatic rings. The fourth-order valence-electron chi connectivity index (χ4n) is 3.73.